The Morgan fingerprint density at radius 1 is 1.06 bits per heavy atom. The lowest BCUT2D eigenvalue weighted by Gasteiger charge is -2.27. The van der Waals surface area contributed by atoms with Crippen molar-refractivity contribution in [3.05, 3.63) is 95.6 Å². The summed E-state index contributed by atoms with van der Waals surface area (Å²) in [6.45, 7) is 2.04. The molecule has 0 fully saturated rings. The number of nitrogens with zero attached hydrogens (tertiary/aromatic N) is 5. The van der Waals surface area contributed by atoms with E-state index < -0.39 is 0 Å². The number of phenolic OH excluding ortho intramolecular Hbond substituents is 1. The zero-order chi connectivity index (χ0) is 20.9. The molecule has 7 heteroatoms. The fraction of sp³-hybridized carbons (Fsp3) is 0.0833. The van der Waals surface area contributed by atoms with Crippen molar-refractivity contribution >= 4 is 5.65 Å². The fourth-order valence-corrected chi connectivity index (χ4v) is 4.10. The van der Waals surface area contributed by atoms with Crippen molar-refractivity contribution in [1.29, 1.82) is 0 Å². The van der Waals surface area contributed by atoms with Gasteiger partial charge in [0, 0.05) is 35.5 Å². The SMILES string of the molecule is Cc1cccc(-c2nc3c4c(ncn3n2)Oc2cc(O)ccc2C4c2cccnc2)c1. The van der Waals surface area contributed by atoms with Crippen LogP contribution in [0.15, 0.2) is 73.3 Å². The Bertz CT molecular complexity index is 1450. The van der Waals surface area contributed by atoms with E-state index in [4.69, 9.17) is 9.72 Å². The molecule has 1 aliphatic rings. The van der Waals surface area contributed by atoms with Crippen molar-refractivity contribution in [1.82, 2.24) is 24.6 Å². The highest BCUT2D eigenvalue weighted by Crippen LogP contribution is 2.48. The van der Waals surface area contributed by atoms with Gasteiger partial charge < -0.3 is 9.84 Å². The molecule has 1 atom stereocenters. The average molecular weight is 407 g/mol. The summed E-state index contributed by atoms with van der Waals surface area (Å²) in [5.41, 5.74) is 5.47. The first-order valence-electron chi connectivity index (χ1n) is 9.90. The minimum Gasteiger partial charge on any atom is -0.508 e. The summed E-state index contributed by atoms with van der Waals surface area (Å²) >= 11 is 0. The van der Waals surface area contributed by atoms with Gasteiger partial charge in [-0.3, -0.25) is 4.98 Å². The van der Waals surface area contributed by atoms with Crippen LogP contribution in [-0.2, 0) is 0 Å². The molecule has 31 heavy (non-hydrogen) atoms. The zero-order valence-corrected chi connectivity index (χ0v) is 16.6. The molecular formula is C24H17N5O2. The first-order valence-corrected chi connectivity index (χ1v) is 9.90. The highest BCUT2D eigenvalue weighted by molar-refractivity contribution is 5.68. The molecule has 0 saturated carbocycles. The predicted octanol–water partition coefficient (Wildman–Crippen LogP) is 4.49. The van der Waals surface area contributed by atoms with Crippen LogP contribution in [0.2, 0.25) is 0 Å². The molecule has 0 spiro atoms. The summed E-state index contributed by atoms with van der Waals surface area (Å²) in [6, 6.07) is 17.1. The van der Waals surface area contributed by atoms with E-state index in [1.54, 1.807) is 29.2 Å². The molecule has 0 aliphatic carbocycles. The number of hydrogen-bond donors (Lipinski definition) is 1. The Kier molecular flexibility index (Phi) is 3.76. The molecule has 150 valence electrons. The monoisotopic (exact) mass is 407 g/mol. The van der Waals surface area contributed by atoms with Gasteiger partial charge >= 0.3 is 0 Å². The summed E-state index contributed by atoms with van der Waals surface area (Å²) in [6.07, 6.45) is 5.18. The lowest BCUT2D eigenvalue weighted by atomic mass is 9.84. The van der Waals surface area contributed by atoms with E-state index in [2.05, 4.69) is 21.1 Å². The van der Waals surface area contributed by atoms with E-state index in [1.165, 1.54) is 0 Å². The Balaban J connectivity index is 1.62. The summed E-state index contributed by atoms with van der Waals surface area (Å²) in [5.74, 6) is 1.57. The minimum atomic E-state index is -0.209. The number of ether oxygens (including phenoxy) is 1. The number of phenols is 1. The van der Waals surface area contributed by atoms with Crippen LogP contribution in [0.5, 0.6) is 17.4 Å². The van der Waals surface area contributed by atoms with Gasteiger partial charge in [-0.2, -0.15) is 0 Å². The van der Waals surface area contributed by atoms with Gasteiger partial charge in [-0.25, -0.2) is 14.5 Å². The smallest absolute Gasteiger partial charge is 0.228 e. The van der Waals surface area contributed by atoms with Crippen molar-refractivity contribution in [3.8, 4) is 28.8 Å². The first kappa shape index (κ1) is 17.6. The first-order chi connectivity index (χ1) is 15.2. The molecule has 4 heterocycles. The van der Waals surface area contributed by atoms with Gasteiger partial charge in [-0.15, -0.1) is 5.10 Å². The summed E-state index contributed by atoms with van der Waals surface area (Å²) in [7, 11) is 0. The highest BCUT2D eigenvalue weighted by Gasteiger charge is 2.33. The van der Waals surface area contributed by atoms with Gasteiger partial charge in [-0.1, -0.05) is 35.9 Å². The second-order valence-electron chi connectivity index (χ2n) is 7.58. The van der Waals surface area contributed by atoms with Crippen LogP contribution in [0.1, 0.15) is 28.2 Å². The second kappa shape index (κ2) is 6.63. The largest absolute Gasteiger partial charge is 0.508 e. The van der Waals surface area contributed by atoms with Crippen molar-refractivity contribution in [2.24, 2.45) is 0 Å². The van der Waals surface area contributed by atoms with E-state index in [0.717, 1.165) is 27.8 Å². The van der Waals surface area contributed by atoms with Gasteiger partial charge in [0.2, 0.25) is 5.88 Å². The van der Waals surface area contributed by atoms with Gasteiger partial charge in [0.1, 0.15) is 17.8 Å². The molecule has 1 N–H and O–H groups in total. The van der Waals surface area contributed by atoms with Gasteiger partial charge in [0.25, 0.3) is 0 Å². The van der Waals surface area contributed by atoms with E-state index in [9.17, 15) is 5.11 Å². The van der Waals surface area contributed by atoms with Crippen LogP contribution in [-0.4, -0.2) is 29.7 Å². The third kappa shape index (κ3) is 2.82. The average Bonchev–Trinajstić information content (AvgIpc) is 3.23. The topological polar surface area (TPSA) is 85.4 Å². The van der Waals surface area contributed by atoms with Gasteiger partial charge in [-0.05, 0) is 30.7 Å². The molecule has 1 unspecified atom stereocenters. The zero-order valence-electron chi connectivity index (χ0n) is 16.6. The van der Waals surface area contributed by atoms with Crippen LogP contribution in [0.4, 0.5) is 0 Å². The molecule has 2 aromatic carbocycles. The summed E-state index contributed by atoms with van der Waals surface area (Å²) in [4.78, 5) is 13.7. The Hall–Kier alpha value is -4.26. The molecule has 5 aromatic rings. The summed E-state index contributed by atoms with van der Waals surface area (Å²) < 4.78 is 7.77. The third-order valence-electron chi connectivity index (χ3n) is 5.48. The molecule has 0 radical (unpaired) electrons. The van der Waals surface area contributed by atoms with E-state index >= 15 is 0 Å². The number of fused-ring (bicyclic) bond motifs is 4. The molecule has 7 nitrogen and oxygen atoms in total. The van der Waals surface area contributed by atoms with Crippen molar-refractivity contribution in [2.75, 3.05) is 0 Å². The van der Waals surface area contributed by atoms with Crippen LogP contribution >= 0.6 is 0 Å². The Morgan fingerprint density at radius 2 is 2.00 bits per heavy atom. The maximum absolute atomic E-state index is 9.98. The Labute approximate surface area is 177 Å². The lowest BCUT2D eigenvalue weighted by Crippen LogP contribution is -2.15. The molecule has 0 bridgehead atoms. The van der Waals surface area contributed by atoms with Crippen molar-refractivity contribution in [3.63, 3.8) is 0 Å². The number of pyridine rings is 1. The number of aromatic nitrogens is 5. The molecule has 0 saturated heterocycles. The predicted molar refractivity (Wildman–Crippen MR) is 114 cm³/mol. The number of rotatable bonds is 2. The second-order valence-corrected chi connectivity index (χ2v) is 7.58. The quantitative estimate of drug-likeness (QED) is 0.455. The fourth-order valence-electron chi connectivity index (χ4n) is 4.10. The van der Waals surface area contributed by atoms with Crippen LogP contribution < -0.4 is 4.74 Å². The number of aromatic hydroxyl groups is 1. The minimum absolute atomic E-state index is 0.137. The summed E-state index contributed by atoms with van der Waals surface area (Å²) in [5, 5.41) is 14.6. The van der Waals surface area contributed by atoms with E-state index in [1.807, 2.05) is 49.5 Å². The van der Waals surface area contributed by atoms with Gasteiger partial charge in [0.15, 0.2) is 11.5 Å². The number of benzene rings is 2. The molecule has 6 rings (SSSR count). The maximum Gasteiger partial charge on any atom is 0.228 e. The highest BCUT2D eigenvalue weighted by atomic mass is 16.5. The van der Waals surface area contributed by atoms with Crippen LogP contribution in [0.25, 0.3) is 17.0 Å². The van der Waals surface area contributed by atoms with Gasteiger partial charge in [0.05, 0.1) is 5.56 Å². The molecule has 3 aromatic heterocycles. The standard InChI is InChI=1S/C24H17N5O2/c1-14-4-2-5-15(10-14)22-27-23-21-20(16-6-3-9-25-12-16)18-8-7-17(30)11-19(18)31-24(21)26-13-29(23)28-22/h2-13,20,30H,1H3. The van der Waals surface area contributed by atoms with E-state index in [0.29, 0.717) is 23.1 Å². The molecular weight excluding hydrogens is 390 g/mol. The Morgan fingerprint density at radius 3 is 2.84 bits per heavy atom. The third-order valence-corrected chi connectivity index (χ3v) is 5.48. The number of hydrogen-bond acceptors (Lipinski definition) is 6. The van der Waals surface area contributed by atoms with Crippen molar-refractivity contribution in [2.45, 2.75) is 12.8 Å². The molecule has 1 aliphatic heterocycles. The van der Waals surface area contributed by atoms with Crippen LogP contribution in [0.3, 0.4) is 0 Å². The maximum atomic E-state index is 9.98. The van der Waals surface area contributed by atoms with Crippen molar-refractivity contribution < 1.29 is 9.84 Å². The molecule has 0 amide bonds. The van der Waals surface area contributed by atoms with Crippen LogP contribution in [0, 0.1) is 6.92 Å². The van der Waals surface area contributed by atoms with E-state index in [-0.39, 0.29) is 11.7 Å². The lowest BCUT2D eigenvalue weighted by molar-refractivity contribution is 0.422. The number of aryl methyl sites for hydroxylation is 1. The normalized spacial score (nSPS) is 14.7.